The van der Waals surface area contributed by atoms with E-state index in [0.29, 0.717) is 6.54 Å². The van der Waals surface area contributed by atoms with E-state index in [1.807, 2.05) is 68.4 Å². The summed E-state index contributed by atoms with van der Waals surface area (Å²) in [4.78, 5) is 26.5. The average Bonchev–Trinajstić information content (AvgIpc) is 2.75. The van der Waals surface area contributed by atoms with Crippen LogP contribution in [0.2, 0.25) is 0 Å². The van der Waals surface area contributed by atoms with Gasteiger partial charge in [-0.05, 0) is 31.0 Å². The number of anilines is 1. The average molecular weight is 308 g/mol. The lowest BCUT2D eigenvalue weighted by molar-refractivity contribution is -0.125. The lowest BCUT2D eigenvalue weighted by Gasteiger charge is -2.20. The van der Waals surface area contributed by atoms with Crippen molar-refractivity contribution in [1.29, 1.82) is 0 Å². The summed E-state index contributed by atoms with van der Waals surface area (Å²) in [5, 5.41) is 2.87. The van der Waals surface area contributed by atoms with Gasteiger partial charge < -0.3 is 10.2 Å². The lowest BCUT2D eigenvalue weighted by Crippen LogP contribution is -2.42. The third-order valence-electron chi connectivity index (χ3n) is 4.28. The molecule has 0 aromatic heterocycles. The molecule has 2 aromatic carbocycles. The van der Waals surface area contributed by atoms with Crippen molar-refractivity contribution in [3.05, 3.63) is 65.7 Å². The highest BCUT2D eigenvalue weighted by atomic mass is 16.2. The number of carbonyl (C=O) groups excluding carboxylic acids is 2. The van der Waals surface area contributed by atoms with Crippen molar-refractivity contribution in [3.8, 4) is 0 Å². The first-order chi connectivity index (χ1) is 11.0. The van der Waals surface area contributed by atoms with Crippen LogP contribution in [-0.4, -0.2) is 18.4 Å². The molecule has 0 saturated heterocycles. The van der Waals surface area contributed by atoms with Crippen LogP contribution in [0.1, 0.15) is 25.0 Å². The Balaban J connectivity index is 1.70. The van der Waals surface area contributed by atoms with Gasteiger partial charge in [0.15, 0.2) is 0 Å². The summed E-state index contributed by atoms with van der Waals surface area (Å²) in [5.41, 5.74) is 2.25. The molecule has 0 bridgehead atoms. The summed E-state index contributed by atoms with van der Waals surface area (Å²) >= 11 is 0. The normalized spacial score (nSPS) is 15.4. The molecule has 0 saturated carbocycles. The molecule has 0 aliphatic carbocycles. The maximum Gasteiger partial charge on any atom is 0.240 e. The van der Waals surface area contributed by atoms with E-state index < -0.39 is 5.41 Å². The van der Waals surface area contributed by atoms with Crippen LogP contribution in [0.15, 0.2) is 54.6 Å². The van der Waals surface area contributed by atoms with Crippen LogP contribution in [0.5, 0.6) is 0 Å². The number of para-hydroxylation sites is 1. The predicted molar refractivity (Wildman–Crippen MR) is 90.1 cm³/mol. The van der Waals surface area contributed by atoms with Gasteiger partial charge in [-0.15, -0.1) is 0 Å². The second-order valence-corrected chi connectivity index (χ2v) is 6.30. The van der Waals surface area contributed by atoms with Crippen molar-refractivity contribution < 1.29 is 9.59 Å². The van der Waals surface area contributed by atoms with Crippen molar-refractivity contribution in [2.24, 2.45) is 0 Å². The first-order valence-electron chi connectivity index (χ1n) is 7.72. The van der Waals surface area contributed by atoms with Crippen molar-refractivity contribution >= 4 is 17.5 Å². The number of benzene rings is 2. The fraction of sp³-hybridized carbons (Fsp3) is 0.263. The number of rotatable bonds is 4. The lowest BCUT2D eigenvalue weighted by atomic mass is 9.86. The van der Waals surface area contributed by atoms with Gasteiger partial charge in [0, 0.05) is 12.2 Å². The Morgan fingerprint density at radius 3 is 2.43 bits per heavy atom. The quantitative estimate of drug-likeness (QED) is 0.944. The Morgan fingerprint density at radius 2 is 1.70 bits per heavy atom. The molecule has 118 valence electrons. The van der Waals surface area contributed by atoms with E-state index in [1.54, 1.807) is 4.90 Å². The molecular formula is C19H20N2O2. The van der Waals surface area contributed by atoms with Gasteiger partial charge in [0.25, 0.3) is 0 Å². The monoisotopic (exact) mass is 308 g/mol. The van der Waals surface area contributed by atoms with Crippen molar-refractivity contribution in [3.63, 3.8) is 0 Å². The topological polar surface area (TPSA) is 49.4 Å². The number of nitrogens with one attached hydrogen (secondary N) is 1. The highest BCUT2D eigenvalue weighted by Crippen LogP contribution is 2.40. The van der Waals surface area contributed by atoms with E-state index in [-0.39, 0.29) is 18.4 Å². The number of fused-ring (bicyclic) bond motifs is 1. The Labute approximate surface area is 136 Å². The maximum atomic E-state index is 12.6. The van der Waals surface area contributed by atoms with E-state index in [1.165, 1.54) is 0 Å². The molecule has 1 aliphatic heterocycles. The molecule has 4 nitrogen and oxygen atoms in total. The Bertz CT molecular complexity index is 738. The summed E-state index contributed by atoms with van der Waals surface area (Å²) in [5.74, 6) is -0.191. The van der Waals surface area contributed by atoms with Crippen LogP contribution in [0.3, 0.4) is 0 Å². The molecule has 2 amide bonds. The predicted octanol–water partition coefficient (Wildman–Crippen LogP) is 2.63. The minimum atomic E-state index is -0.587. The molecule has 2 aromatic rings. The molecule has 0 spiro atoms. The molecule has 0 unspecified atom stereocenters. The van der Waals surface area contributed by atoms with Crippen molar-refractivity contribution in [2.75, 3.05) is 11.4 Å². The summed E-state index contributed by atoms with van der Waals surface area (Å²) < 4.78 is 0. The van der Waals surface area contributed by atoms with Gasteiger partial charge in [-0.3, -0.25) is 9.59 Å². The fourth-order valence-electron chi connectivity index (χ4n) is 2.95. The standard InChI is InChI=1S/C19H20N2O2/c1-19(2)15-10-6-7-11-16(15)21(18(19)23)13-17(22)20-12-14-8-4-3-5-9-14/h3-11H,12-13H2,1-2H3,(H,20,22). The zero-order valence-corrected chi connectivity index (χ0v) is 13.4. The van der Waals surface area contributed by atoms with E-state index in [0.717, 1.165) is 16.8 Å². The zero-order valence-electron chi connectivity index (χ0n) is 13.4. The second kappa shape index (κ2) is 5.88. The van der Waals surface area contributed by atoms with Gasteiger partial charge in [-0.25, -0.2) is 0 Å². The number of hydrogen-bond donors (Lipinski definition) is 1. The van der Waals surface area contributed by atoms with Crippen LogP contribution in [0, 0.1) is 0 Å². The van der Waals surface area contributed by atoms with Gasteiger partial charge in [0.1, 0.15) is 6.54 Å². The van der Waals surface area contributed by atoms with Crippen LogP contribution in [0.25, 0.3) is 0 Å². The van der Waals surface area contributed by atoms with Crippen LogP contribution >= 0.6 is 0 Å². The Morgan fingerprint density at radius 1 is 1.04 bits per heavy atom. The SMILES string of the molecule is CC1(C)C(=O)N(CC(=O)NCc2ccccc2)c2ccccc21. The van der Waals surface area contributed by atoms with E-state index >= 15 is 0 Å². The van der Waals surface area contributed by atoms with Gasteiger partial charge >= 0.3 is 0 Å². The number of carbonyl (C=O) groups is 2. The van der Waals surface area contributed by atoms with Gasteiger partial charge in [0.2, 0.25) is 11.8 Å². The van der Waals surface area contributed by atoms with Crippen molar-refractivity contribution in [1.82, 2.24) is 5.32 Å². The highest BCUT2D eigenvalue weighted by Gasteiger charge is 2.43. The number of hydrogen-bond acceptors (Lipinski definition) is 2. The Kier molecular flexibility index (Phi) is 3.90. The third-order valence-corrected chi connectivity index (χ3v) is 4.28. The van der Waals surface area contributed by atoms with Crippen LogP contribution < -0.4 is 10.2 Å². The van der Waals surface area contributed by atoms with Gasteiger partial charge in [-0.2, -0.15) is 0 Å². The van der Waals surface area contributed by atoms with E-state index in [9.17, 15) is 9.59 Å². The molecular weight excluding hydrogens is 288 g/mol. The fourth-order valence-corrected chi connectivity index (χ4v) is 2.95. The third kappa shape index (κ3) is 2.84. The van der Waals surface area contributed by atoms with E-state index in [4.69, 9.17) is 0 Å². The molecule has 0 atom stereocenters. The van der Waals surface area contributed by atoms with Gasteiger partial charge in [-0.1, -0.05) is 48.5 Å². The van der Waals surface area contributed by atoms with Gasteiger partial charge in [0.05, 0.1) is 5.41 Å². The van der Waals surface area contributed by atoms with Crippen LogP contribution in [0.4, 0.5) is 5.69 Å². The van der Waals surface area contributed by atoms with E-state index in [2.05, 4.69) is 5.32 Å². The molecule has 1 heterocycles. The van der Waals surface area contributed by atoms with Crippen LogP contribution in [-0.2, 0) is 21.5 Å². The minimum absolute atomic E-state index is 0.0337. The molecule has 4 heteroatoms. The molecule has 1 N–H and O–H groups in total. The van der Waals surface area contributed by atoms with Crippen molar-refractivity contribution in [2.45, 2.75) is 25.8 Å². The summed E-state index contributed by atoms with van der Waals surface area (Å²) in [6, 6.07) is 17.4. The highest BCUT2D eigenvalue weighted by molar-refractivity contribution is 6.10. The number of amides is 2. The zero-order chi connectivity index (χ0) is 16.4. The summed E-state index contributed by atoms with van der Waals surface area (Å²) in [7, 11) is 0. The summed E-state index contributed by atoms with van der Waals surface area (Å²) in [6.07, 6.45) is 0. The number of nitrogens with zero attached hydrogens (tertiary/aromatic N) is 1. The molecule has 23 heavy (non-hydrogen) atoms. The minimum Gasteiger partial charge on any atom is -0.350 e. The Hall–Kier alpha value is -2.62. The first-order valence-corrected chi connectivity index (χ1v) is 7.72. The summed E-state index contributed by atoms with van der Waals surface area (Å²) in [6.45, 7) is 4.31. The maximum absolute atomic E-state index is 12.6. The largest absolute Gasteiger partial charge is 0.350 e. The smallest absolute Gasteiger partial charge is 0.240 e. The molecule has 1 aliphatic rings. The molecule has 0 radical (unpaired) electrons. The molecule has 0 fully saturated rings. The first kappa shape index (κ1) is 15.3. The second-order valence-electron chi connectivity index (χ2n) is 6.30. The molecule has 3 rings (SSSR count).